The van der Waals surface area contributed by atoms with Crippen LogP contribution in [0.25, 0.3) is 10.9 Å². The molecular formula is C16H21N3. The Kier molecular flexibility index (Phi) is 3.67. The van der Waals surface area contributed by atoms with Gasteiger partial charge in [-0.15, -0.1) is 6.58 Å². The zero-order valence-corrected chi connectivity index (χ0v) is 11.2. The fraction of sp³-hybridized carbons (Fsp3) is 0.375. The first-order valence-corrected chi connectivity index (χ1v) is 7.02. The summed E-state index contributed by atoms with van der Waals surface area (Å²) in [6.45, 7) is 8.32. The first kappa shape index (κ1) is 12.5. The molecule has 1 aliphatic rings. The van der Waals surface area contributed by atoms with Crippen molar-refractivity contribution in [3.05, 3.63) is 48.7 Å². The van der Waals surface area contributed by atoms with Crippen molar-refractivity contribution in [2.75, 3.05) is 26.2 Å². The summed E-state index contributed by atoms with van der Waals surface area (Å²) < 4.78 is 0. The molecule has 1 saturated heterocycles. The number of hydrogen-bond donors (Lipinski definition) is 2. The maximum absolute atomic E-state index is 3.94. The molecule has 1 fully saturated rings. The number of nitrogens with zero attached hydrogens (tertiary/aromatic N) is 1. The normalized spacial score (nSPS) is 18.5. The first-order chi connectivity index (χ1) is 9.40. The topological polar surface area (TPSA) is 31.1 Å². The van der Waals surface area contributed by atoms with E-state index in [0.29, 0.717) is 6.04 Å². The summed E-state index contributed by atoms with van der Waals surface area (Å²) in [6.07, 6.45) is 5.07. The van der Waals surface area contributed by atoms with Crippen molar-refractivity contribution < 1.29 is 0 Å². The molecule has 2 aromatic rings. The van der Waals surface area contributed by atoms with Crippen LogP contribution in [0.4, 0.5) is 0 Å². The number of fused-ring (bicyclic) bond motifs is 1. The minimum Gasteiger partial charge on any atom is -0.361 e. The van der Waals surface area contributed by atoms with E-state index >= 15 is 0 Å². The average molecular weight is 255 g/mol. The number of piperazine rings is 1. The summed E-state index contributed by atoms with van der Waals surface area (Å²) in [5.74, 6) is 0. The minimum absolute atomic E-state index is 0.444. The van der Waals surface area contributed by atoms with E-state index in [4.69, 9.17) is 0 Å². The highest BCUT2D eigenvalue weighted by Crippen LogP contribution is 2.30. The number of hydrogen-bond acceptors (Lipinski definition) is 2. The van der Waals surface area contributed by atoms with Gasteiger partial charge in [-0.2, -0.15) is 0 Å². The van der Waals surface area contributed by atoms with Crippen LogP contribution in [0.5, 0.6) is 0 Å². The summed E-state index contributed by atoms with van der Waals surface area (Å²) in [6, 6.07) is 9.17. The van der Waals surface area contributed by atoms with E-state index in [1.807, 2.05) is 12.3 Å². The van der Waals surface area contributed by atoms with Gasteiger partial charge in [-0.25, -0.2) is 0 Å². The smallest absolute Gasteiger partial charge is 0.0457 e. The molecule has 2 N–H and O–H groups in total. The Labute approximate surface area is 114 Å². The van der Waals surface area contributed by atoms with Crippen LogP contribution in [0.3, 0.4) is 0 Å². The van der Waals surface area contributed by atoms with Gasteiger partial charge in [-0.1, -0.05) is 18.2 Å². The number of aromatic amines is 1. The Morgan fingerprint density at radius 2 is 2.11 bits per heavy atom. The lowest BCUT2D eigenvalue weighted by Gasteiger charge is -2.35. The highest BCUT2D eigenvalue weighted by molar-refractivity contribution is 5.83. The van der Waals surface area contributed by atoms with Crippen molar-refractivity contribution in [2.24, 2.45) is 0 Å². The van der Waals surface area contributed by atoms with Gasteiger partial charge in [0, 0.05) is 49.3 Å². The molecule has 2 heterocycles. The predicted molar refractivity (Wildman–Crippen MR) is 80.3 cm³/mol. The van der Waals surface area contributed by atoms with E-state index in [1.165, 1.54) is 16.5 Å². The van der Waals surface area contributed by atoms with Crippen molar-refractivity contribution in [3.63, 3.8) is 0 Å². The molecule has 19 heavy (non-hydrogen) atoms. The zero-order valence-electron chi connectivity index (χ0n) is 11.2. The standard InChI is InChI=1S/C16H21N3/c1-2-4-16(19-11-9-17-10-12-19)14-5-3-6-15-13(14)7-8-18-15/h2-3,5-8,16-18H,1,4,9-12H2/t16-/m1/s1. The van der Waals surface area contributed by atoms with Crippen LogP contribution < -0.4 is 5.32 Å². The Bertz CT molecular complexity index is 552. The molecule has 1 aromatic heterocycles. The van der Waals surface area contributed by atoms with Gasteiger partial charge in [0.15, 0.2) is 0 Å². The van der Waals surface area contributed by atoms with Crippen LogP contribution in [-0.4, -0.2) is 36.1 Å². The number of nitrogens with one attached hydrogen (secondary N) is 2. The third-order valence-electron chi connectivity index (χ3n) is 3.97. The lowest BCUT2D eigenvalue weighted by atomic mass is 9.97. The number of rotatable bonds is 4. The maximum atomic E-state index is 3.94. The third-order valence-corrected chi connectivity index (χ3v) is 3.97. The van der Waals surface area contributed by atoms with Gasteiger partial charge >= 0.3 is 0 Å². The van der Waals surface area contributed by atoms with Gasteiger partial charge in [0.2, 0.25) is 0 Å². The summed E-state index contributed by atoms with van der Waals surface area (Å²) >= 11 is 0. The molecule has 0 spiro atoms. The molecule has 0 radical (unpaired) electrons. The molecule has 1 aliphatic heterocycles. The quantitative estimate of drug-likeness (QED) is 0.823. The molecule has 3 rings (SSSR count). The second-order valence-corrected chi connectivity index (χ2v) is 5.11. The van der Waals surface area contributed by atoms with Gasteiger partial charge in [-0.05, 0) is 24.1 Å². The zero-order chi connectivity index (χ0) is 13.1. The van der Waals surface area contributed by atoms with Crippen molar-refractivity contribution in [3.8, 4) is 0 Å². The van der Waals surface area contributed by atoms with Gasteiger partial charge in [0.1, 0.15) is 0 Å². The minimum atomic E-state index is 0.444. The van der Waals surface area contributed by atoms with Crippen LogP contribution in [0.1, 0.15) is 18.0 Å². The summed E-state index contributed by atoms with van der Waals surface area (Å²) in [4.78, 5) is 5.87. The molecule has 0 unspecified atom stereocenters. The van der Waals surface area contributed by atoms with E-state index in [0.717, 1.165) is 32.6 Å². The summed E-state index contributed by atoms with van der Waals surface area (Å²) in [5, 5.41) is 4.76. The highest BCUT2D eigenvalue weighted by Gasteiger charge is 2.22. The Morgan fingerprint density at radius 1 is 1.26 bits per heavy atom. The largest absolute Gasteiger partial charge is 0.361 e. The van der Waals surface area contributed by atoms with Crippen LogP contribution in [0, 0.1) is 0 Å². The molecule has 0 amide bonds. The third kappa shape index (κ3) is 2.44. The number of benzene rings is 1. The number of aromatic nitrogens is 1. The SMILES string of the molecule is C=CC[C@H](c1cccc2[nH]ccc12)N1CCNCC1. The summed E-state index contributed by atoms with van der Waals surface area (Å²) in [7, 11) is 0. The lowest BCUT2D eigenvalue weighted by molar-refractivity contribution is 0.175. The lowest BCUT2D eigenvalue weighted by Crippen LogP contribution is -2.45. The van der Waals surface area contributed by atoms with E-state index < -0.39 is 0 Å². The highest BCUT2D eigenvalue weighted by atomic mass is 15.2. The molecule has 3 nitrogen and oxygen atoms in total. The monoisotopic (exact) mass is 255 g/mol. The Balaban J connectivity index is 1.98. The molecular weight excluding hydrogens is 234 g/mol. The Hall–Kier alpha value is -1.58. The van der Waals surface area contributed by atoms with Crippen LogP contribution >= 0.6 is 0 Å². The molecule has 1 aromatic carbocycles. The second kappa shape index (κ2) is 5.59. The van der Waals surface area contributed by atoms with Gasteiger partial charge in [0.05, 0.1) is 0 Å². The van der Waals surface area contributed by atoms with E-state index in [1.54, 1.807) is 0 Å². The van der Waals surface area contributed by atoms with Crippen LogP contribution in [0.2, 0.25) is 0 Å². The van der Waals surface area contributed by atoms with Crippen LogP contribution in [0.15, 0.2) is 43.1 Å². The molecule has 3 heteroatoms. The van der Waals surface area contributed by atoms with Crippen molar-refractivity contribution in [1.82, 2.24) is 15.2 Å². The predicted octanol–water partition coefficient (Wildman–Crippen LogP) is 2.69. The van der Waals surface area contributed by atoms with Gasteiger partial charge in [0.25, 0.3) is 0 Å². The Morgan fingerprint density at radius 3 is 2.89 bits per heavy atom. The molecule has 0 saturated carbocycles. The van der Waals surface area contributed by atoms with Crippen molar-refractivity contribution >= 4 is 10.9 Å². The van der Waals surface area contributed by atoms with E-state index in [2.05, 4.69) is 46.0 Å². The maximum Gasteiger partial charge on any atom is 0.0457 e. The fourth-order valence-electron chi connectivity index (χ4n) is 3.02. The molecule has 0 bridgehead atoms. The van der Waals surface area contributed by atoms with Gasteiger partial charge in [-0.3, -0.25) is 4.90 Å². The first-order valence-electron chi connectivity index (χ1n) is 7.02. The average Bonchev–Trinajstić information content (AvgIpc) is 2.94. The van der Waals surface area contributed by atoms with Crippen LogP contribution in [-0.2, 0) is 0 Å². The van der Waals surface area contributed by atoms with E-state index in [-0.39, 0.29) is 0 Å². The van der Waals surface area contributed by atoms with Gasteiger partial charge < -0.3 is 10.3 Å². The van der Waals surface area contributed by atoms with Crippen molar-refractivity contribution in [1.29, 1.82) is 0 Å². The second-order valence-electron chi connectivity index (χ2n) is 5.11. The van der Waals surface area contributed by atoms with Crippen molar-refractivity contribution in [2.45, 2.75) is 12.5 Å². The number of H-pyrrole nitrogens is 1. The summed E-state index contributed by atoms with van der Waals surface area (Å²) in [5.41, 5.74) is 2.64. The van der Waals surface area contributed by atoms with E-state index in [9.17, 15) is 0 Å². The molecule has 0 aliphatic carbocycles. The molecule has 100 valence electrons. The fourth-order valence-corrected chi connectivity index (χ4v) is 3.02. The molecule has 1 atom stereocenters.